The number of likely N-dealkylation sites (tertiary alicyclic amines) is 1. The summed E-state index contributed by atoms with van der Waals surface area (Å²) < 4.78 is 5.92. The molecule has 3 rings (SSSR count). The van der Waals surface area contributed by atoms with E-state index in [-0.39, 0.29) is 6.10 Å². The molecule has 3 heterocycles. The summed E-state index contributed by atoms with van der Waals surface area (Å²) >= 11 is 0. The zero-order valence-electron chi connectivity index (χ0n) is 12.3. The lowest BCUT2D eigenvalue weighted by atomic mass is 10.1. The van der Waals surface area contributed by atoms with Crippen molar-refractivity contribution in [3.8, 4) is 5.88 Å². The Bertz CT molecular complexity index is 567. The van der Waals surface area contributed by atoms with Crippen molar-refractivity contribution in [2.75, 3.05) is 13.1 Å². The van der Waals surface area contributed by atoms with Crippen molar-refractivity contribution in [1.29, 1.82) is 0 Å². The van der Waals surface area contributed by atoms with E-state index in [4.69, 9.17) is 4.74 Å². The van der Waals surface area contributed by atoms with Crippen LogP contribution >= 0.6 is 0 Å². The highest BCUT2D eigenvalue weighted by atomic mass is 16.5. The van der Waals surface area contributed by atoms with Crippen LogP contribution in [0.4, 0.5) is 0 Å². The molecule has 1 saturated heterocycles. The van der Waals surface area contributed by atoms with Crippen molar-refractivity contribution in [2.45, 2.75) is 32.4 Å². The average Bonchev–Trinajstić information content (AvgIpc) is 2.50. The van der Waals surface area contributed by atoms with Crippen LogP contribution in [0.25, 0.3) is 0 Å². The maximum atomic E-state index is 5.92. The third-order valence-electron chi connectivity index (χ3n) is 3.68. The number of hydrogen-bond donors (Lipinski definition) is 0. The van der Waals surface area contributed by atoms with Crippen LogP contribution in [0.2, 0.25) is 0 Å². The molecule has 0 aromatic carbocycles. The number of piperidine rings is 1. The number of aromatic nitrogens is 3. The van der Waals surface area contributed by atoms with Gasteiger partial charge in [0, 0.05) is 38.2 Å². The van der Waals surface area contributed by atoms with E-state index in [1.54, 1.807) is 12.4 Å². The first-order valence-electron chi connectivity index (χ1n) is 7.36. The van der Waals surface area contributed by atoms with Gasteiger partial charge in [-0.1, -0.05) is 6.07 Å². The second-order valence-corrected chi connectivity index (χ2v) is 5.45. The Morgan fingerprint density at radius 3 is 2.76 bits per heavy atom. The van der Waals surface area contributed by atoms with Crippen LogP contribution in [0, 0.1) is 6.92 Å². The number of aryl methyl sites for hydroxylation is 1. The fraction of sp³-hybridized carbons (Fsp3) is 0.438. The number of nitrogens with zero attached hydrogens (tertiary/aromatic N) is 4. The zero-order valence-corrected chi connectivity index (χ0v) is 12.3. The van der Waals surface area contributed by atoms with E-state index in [0.717, 1.165) is 38.2 Å². The lowest BCUT2D eigenvalue weighted by Crippen LogP contribution is -2.37. The fourth-order valence-electron chi connectivity index (χ4n) is 2.60. The van der Waals surface area contributed by atoms with Crippen LogP contribution in [0.3, 0.4) is 0 Å². The van der Waals surface area contributed by atoms with Gasteiger partial charge in [0.25, 0.3) is 0 Å². The summed E-state index contributed by atoms with van der Waals surface area (Å²) in [4.78, 5) is 15.1. The van der Waals surface area contributed by atoms with Crippen LogP contribution in [-0.2, 0) is 6.54 Å². The second-order valence-electron chi connectivity index (χ2n) is 5.45. The summed E-state index contributed by atoms with van der Waals surface area (Å²) in [7, 11) is 0. The van der Waals surface area contributed by atoms with Gasteiger partial charge in [0.1, 0.15) is 6.10 Å². The Morgan fingerprint density at radius 1 is 1.19 bits per heavy atom. The Hall–Kier alpha value is -2.01. The highest BCUT2D eigenvalue weighted by Crippen LogP contribution is 2.18. The molecule has 0 saturated carbocycles. The van der Waals surface area contributed by atoms with Crippen LogP contribution in [0.5, 0.6) is 5.88 Å². The summed E-state index contributed by atoms with van der Waals surface area (Å²) in [5.74, 6) is 0.640. The fourth-order valence-corrected chi connectivity index (χ4v) is 2.60. The molecule has 0 aliphatic carbocycles. The van der Waals surface area contributed by atoms with Gasteiger partial charge in [-0.3, -0.25) is 14.9 Å². The SMILES string of the molecule is Cc1cncc(OC2CCN(Cc3cccnc3)CC2)n1. The molecule has 110 valence electrons. The smallest absolute Gasteiger partial charge is 0.232 e. The first-order valence-corrected chi connectivity index (χ1v) is 7.36. The number of rotatable bonds is 4. The van der Waals surface area contributed by atoms with Gasteiger partial charge in [-0.25, -0.2) is 4.98 Å². The van der Waals surface area contributed by atoms with Gasteiger partial charge in [0.05, 0.1) is 11.9 Å². The quantitative estimate of drug-likeness (QED) is 0.861. The number of hydrogen-bond acceptors (Lipinski definition) is 5. The molecule has 1 aliphatic rings. The molecule has 1 aliphatic heterocycles. The van der Waals surface area contributed by atoms with E-state index in [1.165, 1.54) is 5.56 Å². The molecule has 0 unspecified atom stereocenters. The molecule has 0 atom stereocenters. The lowest BCUT2D eigenvalue weighted by Gasteiger charge is -2.31. The second kappa shape index (κ2) is 6.63. The average molecular weight is 284 g/mol. The number of pyridine rings is 1. The van der Waals surface area contributed by atoms with Crippen LogP contribution in [-0.4, -0.2) is 39.0 Å². The zero-order chi connectivity index (χ0) is 14.5. The van der Waals surface area contributed by atoms with Gasteiger partial charge >= 0.3 is 0 Å². The molecule has 0 N–H and O–H groups in total. The van der Waals surface area contributed by atoms with Gasteiger partial charge in [0.15, 0.2) is 0 Å². The summed E-state index contributed by atoms with van der Waals surface area (Å²) in [5, 5.41) is 0. The first kappa shape index (κ1) is 13.9. The summed E-state index contributed by atoms with van der Waals surface area (Å²) in [6.45, 7) is 4.97. The Balaban J connectivity index is 1.49. The maximum Gasteiger partial charge on any atom is 0.232 e. The van der Waals surface area contributed by atoms with Crippen molar-refractivity contribution in [2.24, 2.45) is 0 Å². The van der Waals surface area contributed by atoms with Gasteiger partial charge in [-0.2, -0.15) is 0 Å². The van der Waals surface area contributed by atoms with E-state index in [0.29, 0.717) is 5.88 Å². The Kier molecular flexibility index (Phi) is 4.40. The van der Waals surface area contributed by atoms with Gasteiger partial charge in [-0.05, 0) is 31.4 Å². The largest absolute Gasteiger partial charge is 0.473 e. The normalized spacial score (nSPS) is 16.8. The van der Waals surface area contributed by atoms with Crippen molar-refractivity contribution < 1.29 is 4.74 Å². The van der Waals surface area contributed by atoms with Gasteiger partial charge in [-0.15, -0.1) is 0 Å². The lowest BCUT2D eigenvalue weighted by molar-refractivity contribution is 0.0927. The van der Waals surface area contributed by atoms with Crippen LogP contribution in [0.15, 0.2) is 36.9 Å². The molecule has 0 spiro atoms. The minimum Gasteiger partial charge on any atom is -0.473 e. The molecule has 1 fully saturated rings. The van der Waals surface area contributed by atoms with E-state index in [9.17, 15) is 0 Å². The van der Waals surface area contributed by atoms with Crippen molar-refractivity contribution in [3.05, 3.63) is 48.2 Å². The Morgan fingerprint density at radius 2 is 2.05 bits per heavy atom. The molecule has 5 nitrogen and oxygen atoms in total. The van der Waals surface area contributed by atoms with Crippen LogP contribution < -0.4 is 4.74 Å². The van der Waals surface area contributed by atoms with E-state index in [1.807, 2.05) is 25.4 Å². The van der Waals surface area contributed by atoms with Gasteiger partial charge < -0.3 is 4.74 Å². The molecule has 21 heavy (non-hydrogen) atoms. The third-order valence-corrected chi connectivity index (χ3v) is 3.68. The molecule has 2 aromatic heterocycles. The van der Waals surface area contributed by atoms with E-state index >= 15 is 0 Å². The Labute approximate surface area is 125 Å². The standard InChI is InChI=1S/C16H20N4O/c1-13-9-18-11-16(19-13)21-15-4-7-20(8-5-15)12-14-3-2-6-17-10-14/h2-3,6,9-11,15H,4-5,7-8,12H2,1H3. The van der Waals surface area contributed by atoms with E-state index in [2.05, 4.69) is 25.9 Å². The summed E-state index contributed by atoms with van der Waals surface area (Å²) in [5.41, 5.74) is 2.16. The predicted octanol–water partition coefficient (Wildman–Crippen LogP) is 2.22. The topological polar surface area (TPSA) is 51.1 Å². The van der Waals surface area contributed by atoms with Crippen LogP contribution in [0.1, 0.15) is 24.1 Å². The van der Waals surface area contributed by atoms with Crippen molar-refractivity contribution >= 4 is 0 Å². The first-order chi connectivity index (χ1) is 10.3. The minimum absolute atomic E-state index is 0.242. The molecule has 2 aromatic rings. The van der Waals surface area contributed by atoms with Gasteiger partial charge in [0.2, 0.25) is 5.88 Å². The predicted molar refractivity (Wildman–Crippen MR) is 79.9 cm³/mol. The third kappa shape index (κ3) is 3.98. The monoisotopic (exact) mass is 284 g/mol. The summed E-state index contributed by atoms with van der Waals surface area (Å²) in [6.07, 6.45) is 9.47. The highest BCUT2D eigenvalue weighted by Gasteiger charge is 2.21. The number of ether oxygens (including phenoxy) is 1. The van der Waals surface area contributed by atoms with Crippen molar-refractivity contribution in [3.63, 3.8) is 0 Å². The molecule has 0 bridgehead atoms. The van der Waals surface area contributed by atoms with Crippen molar-refractivity contribution in [1.82, 2.24) is 19.9 Å². The minimum atomic E-state index is 0.242. The van der Waals surface area contributed by atoms with E-state index < -0.39 is 0 Å². The maximum absolute atomic E-state index is 5.92. The molecular formula is C16H20N4O. The molecule has 0 amide bonds. The highest BCUT2D eigenvalue weighted by molar-refractivity contribution is 5.09. The summed E-state index contributed by atoms with van der Waals surface area (Å²) in [6, 6.07) is 4.11. The molecule has 0 radical (unpaired) electrons. The molecular weight excluding hydrogens is 264 g/mol. The molecule has 5 heteroatoms.